The number of halogens is 1. The van der Waals surface area contributed by atoms with Gasteiger partial charge in [0.1, 0.15) is 5.82 Å². The van der Waals surface area contributed by atoms with E-state index in [1.165, 1.54) is 43.0 Å². The number of benzene rings is 1. The number of nitrogens with zero attached hydrogens (tertiary/aromatic N) is 1. The highest BCUT2D eigenvalue weighted by Crippen LogP contribution is 2.29. The smallest absolute Gasteiger partial charge is 0.261 e. The number of nitrogens with one attached hydrogen (secondary N) is 1. The largest absolute Gasteiger partial charge is 0.347 e. The van der Waals surface area contributed by atoms with Gasteiger partial charge in [-0.2, -0.15) is 0 Å². The van der Waals surface area contributed by atoms with Crippen LogP contribution in [0, 0.1) is 11.7 Å². The van der Waals surface area contributed by atoms with E-state index in [0.29, 0.717) is 0 Å². The molecule has 2 aromatic rings. The zero-order valence-corrected chi connectivity index (χ0v) is 13.6. The van der Waals surface area contributed by atoms with Crippen LogP contribution in [0.4, 0.5) is 4.39 Å². The zero-order chi connectivity index (χ0) is 15.8. The molecule has 2 saturated heterocycles. The van der Waals surface area contributed by atoms with Gasteiger partial charge in [0.25, 0.3) is 5.91 Å². The van der Waals surface area contributed by atoms with Crippen molar-refractivity contribution in [3.8, 4) is 10.4 Å². The van der Waals surface area contributed by atoms with Crippen LogP contribution in [0.2, 0.25) is 0 Å². The van der Waals surface area contributed by atoms with Gasteiger partial charge in [-0.1, -0.05) is 12.1 Å². The summed E-state index contributed by atoms with van der Waals surface area (Å²) in [6.45, 7) is 3.34. The second-order valence-corrected chi connectivity index (χ2v) is 7.57. The average molecular weight is 330 g/mol. The summed E-state index contributed by atoms with van der Waals surface area (Å²) in [7, 11) is 0. The van der Waals surface area contributed by atoms with Crippen LogP contribution in [0.3, 0.4) is 0 Å². The number of hydrogen-bond donors (Lipinski definition) is 1. The third kappa shape index (κ3) is 3.16. The van der Waals surface area contributed by atoms with Gasteiger partial charge in [0.15, 0.2) is 0 Å². The second kappa shape index (κ2) is 6.06. The van der Waals surface area contributed by atoms with Gasteiger partial charge in [0.2, 0.25) is 0 Å². The van der Waals surface area contributed by atoms with Crippen LogP contribution in [-0.2, 0) is 0 Å². The van der Waals surface area contributed by atoms with Crippen molar-refractivity contribution in [3.05, 3.63) is 47.1 Å². The van der Waals surface area contributed by atoms with Gasteiger partial charge < -0.3 is 10.2 Å². The van der Waals surface area contributed by atoms with Gasteiger partial charge in [-0.25, -0.2) is 4.39 Å². The number of hydrogen-bond acceptors (Lipinski definition) is 3. The summed E-state index contributed by atoms with van der Waals surface area (Å²) in [6, 6.07) is 10.4. The molecule has 2 bridgehead atoms. The molecule has 120 valence electrons. The minimum Gasteiger partial charge on any atom is -0.347 e. The Hall–Kier alpha value is -1.72. The third-order valence-electron chi connectivity index (χ3n) is 4.76. The summed E-state index contributed by atoms with van der Waals surface area (Å²) in [6.07, 6.45) is 2.36. The van der Waals surface area contributed by atoms with E-state index in [4.69, 9.17) is 0 Å². The molecule has 0 saturated carbocycles. The predicted molar refractivity (Wildman–Crippen MR) is 90.1 cm³/mol. The Labute approximate surface area is 139 Å². The van der Waals surface area contributed by atoms with Crippen LogP contribution in [0.1, 0.15) is 22.5 Å². The summed E-state index contributed by atoms with van der Waals surface area (Å²) in [5.74, 6) is 0.508. The first-order valence-corrected chi connectivity index (χ1v) is 8.88. The number of amides is 1. The van der Waals surface area contributed by atoms with Gasteiger partial charge >= 0.3 is 0 Å². The van der Waals surface area contributed by atoms with E-state index in [2.05, 4.69) is 10.2 Å². The molecule has 1 N–H and O–H groups in total. The van der Waals surface area contributed by atoms with Gasteiger partial charge in [0.05, 0.1) is 4.88 Å². The van der Waals surface area contributed by atoms with Crippen LogP contribution >= 0.6 is 11.3 Å². The normalized spacial score (nSPS) is 26.2. The summed E-state index contributed by atoms with van der Waals surface area (Å²) < 4.78 is 13.0. The summed E-state index contributed by atoms with van der Waals surface area (Å²) >= 11 is 1.46. The highest BCUT2D eigenvalue weighted by Gasteiger charge is 2.33. The van der Waals surface area contributed by atoms with E-state index in [1.807, 2.05) is 12.1 Å². The molecule has 3 nitrogen and oxygen atoms in total. The second-order valence-electron chi connectivity index (χ2n) is 6.49. The minimum absolute atomic E-state index is 0.0101. The fraction of sp³-hybridized carbons (Fsp3) is 0.389. The van der Waals surface area contributed by atoms with Crippen LogP contribution in [0.5, 0.6) is 0 Å². The van der Waals surface area contributed by atoms with E-state index in [1.54, 1.807) is 12.1 Å². The van der Waals surface area contributed by atoms with Crippen molar-refractivity contribution in [2.75, 3.05) is 19.6 Å². The number of rotatable bonds is 3. The van der Waals surface area contributed by atoms with Crippen LogP contribution in [0.25, 0.3) is 10.4 Å². The number of carbonyl (C=O) groups excluding carboxylic acids is 1. The Bertz CT molecular complexity index is 700. The van der Waals surface area contributed by atoms with Crippen LogP contribution < -0.4 is 5.32 Å². The maximum Gasteiger partial charge on any atom is 0.261 e. The van der Waals surface area contributed by atoms with Crippen LogP contribution in [-0.4, -0.2) is 36.5 Å². The molecule has 2 aliphatic rings. The lowest BCUT2D eigenvalue weighted by molar-refractivity contribution is 0.0913. The first-order valence-electron chi connectivity index (χ1n) is 8.06. The molecule has 5 heteroatoms. The van der Waals surface area contributed by atoms with E-state index in [-0.39, 0.29) is 17.8 Å². The molecule has 0 aliphatic carbocycles. The lowest BCUT2D eigenvalue weighted by atomic mass is 9.97. The monoisotopic (exact) mass is 330 g/mol. The predicted octanol–water partition coefficient (Wildman–Crippen LogP) is 3.38. The minimum atomic E-state index is -0.245. The van der Waals surface area contributed by atoms with E-state index < -0.39 is 0 Å². The molecule has 0 radical (unpaired) electrons. The molecule has 2 fully saturated rings. The molecule has 0 spiro atoms. The Morgan fingerprint density at radius 1 is 1.17 bits per heavy atom. The van der Waals surface area contributed by atoms with Crippen molar-refractivity contribution in [1.82, 2.24) is 10.2 Å². The number of fused-ring (bicyclic) bond motifs is 2. The molecule has 1 aromatic heterocycles. The number of carbonyl (C=O) groups is 1. The number of thiophene rings is 1. The molecule has 3 atom stereocenters. The molecule has 4 rings (SSSR count). The maximum absolute atomic E-state index is 13.0. The zero-order valence-electron chi connectivity index (χ0n) is 12.8. The van der Waals surface area contributed by atoms with Gasteiger partial charge in [-0.15, -0.1) is 11.3 Å². The van der Waals surface area contributed by atoms with Crippen molar-refractivity contribution in [3.63, 3.8) is 0 Å². The first kappa shape index (κ1) is 14.8. The van der Waals surface area contributed by atoms with Crippen molar-refractivity contribution in [2.45, 2.75) is 18.9 Å². The molecule has 2 aliphatic heterocycles. The quantitative estimate of drug-likeness (QED) is 0.936. The van der Waals surface area contributed by atoms with Crippen molar-refractivity contribution in [2.24, 2.45) is 5.92 Å². The topological polar surface area (TPSA) is 32.3 Å². The first-order chi connectivity index (χ1) is 11.2. The summed E-state index contributed by atoms with van der Waals surface area (Å²) in [5.41, 5.74) is 0.942. The van der Waals surface area contributed by atoms with Gasteiger partial charge in [-0.3, -0.25) is 4.79 Å². The van der Waals surface area contributed by atoms with Crippen molar-refractivity contribution < 1.29 is 9.18 Å². The highest BCUT2D eigenvalue weighted by molar-refractivity contribution is 7.17. The Balaban J connectivity index is 1.44. The lowest BCUT2D eigenvalue weighted by Gasteiger charge is -2.30. The van der Waals surface area contributed by atoms with Gasteiger partial charge in [-0.05, 0) is 55.1 Å². The van der Waals surface area contributed by atoms with Gasteiger partial charge in [0, 0.05) is 24.0 Å². The summed E-state index contributed by atoms with van der Waals surface area (Å²) in [4.78, 5) is 16.6. The number of piperidine rings is 1. The Morgan fingerprint density at radius 3 is 2.78 bits per heavy atom. The molecular formula is C18H19FN2OS. The third-order valence-corrected chi connectivity index (χ3v) is 5.89. The van der Waals surface area contributed by atoms with Crippen molar-refractivity contribution >= 4 is 17.2 Å². The lowest BCUT2D eigenvalue weighted by Crippen LogP contribution is -2.46. The van der Waals surface area contributed by atoms with Crippen molar-refractivity contribution in [1.29, 1.82) is 0 Å². The molecule has 1 unspecified atom stereocenters. The maximum atomic E-state index is 13.0. The van der Waals surface area contributed by atoms with E-state index >= 15 is 0 Å². The molecule has 3 heterocycles. The summed E-state index contributed by atoms with van der Waals surface area (Å²) in [5, 5.41) is 3.18. The fourth-order valence-corrected chi connectivity index (χ4v) is 4.56. The molecular weight excluding hydrogens is 311 g/mol. The molecule has 1 amide bonds. The average Bonchev–Trinajstić information content (AvgIpc) is 3.15. The Kier molecular flexibility index (Phi) is 3.91. The molecule has 23 heavy (non-hydrogen) atoms. The SMILES string of the molecule is O=C(N[C@@H]1C[C@H]2CCN(C2)C1)c1ccc(-c2ccc(F)cc2)s1. The van der Waals surface area contributed by atoms with Crippen LogP contribution in [0.15, 0.2) is 36.4 Å². The highest BCUT2D eigenvalue weighted by atomic mass is 32.1. The van der Waals surface area contributed by atoms with E-state index in [9.17, 15) is 9.18 Å². The Morgan fingerprint density at radius 2 is 2.00 bits per heavy atom. The van der Waals surface area contributed by atoms with E-state index in [0.717, 1.165) is 34.2 Å². The fourth-order valence-electron chi connectivity index (χ4n) is 3.65. The standard InChI is InChI=1S/C18H19FN2OS/c19-14-3-1-13(2-4-14)16-5-6-17(23-16)18(22)20-15-9-12-7-8-21(10-12)11-15/h1-6,12,15H,7-11H2,(H,20,22)/t12-,15-/m1/s1. The molecule has 1 aromatic carbocycles.